The second-order valence-corrected chi connectivity index (χ2v) is 18.4. The SMILES string of the molecule is CC(=O)O[C@H]1C(=O)[C@@]2(C)C3[C@H](OC(=O)c4ccccc4)[C@]4(O)C[C@H](OC(=O)[C@H](O)[C@@H](NC(=O)c5ccccc5)c5ccccc5CCCC(=O)O[C@]35CO[C@@H]5C[C@@H]2O)C(C)=C1C4(C)C. The first-order valence-corrected chi connectivity index (χ1v) is 21.6. The van der Waals surface area contributed by atoms with Gasteiger partial charge in [0.15, 0.2) is 23.6 Å². The number of hydrogen-bond donors (Lipinski definition) is 4. The van der Waals surface area contributed by atoms with Crippen LogP contribution in [0.2, 0.25) is 0 Å². The zero-order chi connectivity index (χ0) is 45.9. The molecule has 15 nitrogen and oxygen atoms in total. The number of hydrogen-bond acceptors (Lipinski definition) is 14. The van der Waals surface area contributed by atoms with E-state index in [2.05, 4.69) is 5.32 Å². The first-order chi connectivity index (χ1) is 30.3. The lowest BCUT2D eigenvalue weighted by Crippen LogP contribution is -2.82. The molecule has 1 amide bonds. The third-order valence-corrected chi connectivity index (χ3v) is 14.5. The van der Waals surface area contributed by atoms with Gasteiger partial charge in [-0.3, -0.25) is 19.2 Å². The van der Waals surface area contributed by atoms with E-state index in [1.165, 1.54) is 19.1 Å². The lowest BCUT2D eigenvalue weighted by Gasteiger charge is -2.67. The van der Waals surface area contributed by atoms with Crippen LogP contribution in [0.1, 0.15) is 98.2 Å². The van der Waals surface area contributed by atoms with E-state index in [1.807, 2.05) is 0 Å². The molecule has 2 heterocycles. The minimum atomic E-state index is -2.38. The maximum absolute atomic E-state index is 15.6. The van der Waals surface area contributed by atoms with Crippen molar-refractivity contribution >= 4 is 35.6 Å². The molecule has 5 aliphatic rings. The summed E-state index contributed by atoms with van der Waals surface area (Å²) in [5.41, 5.74) is -6.39. The summed E-state index contributed by atoms with van der Waals surface area (Å²) in [6, 6.07) is 21.5. The number of esters is 4. The lowest BCUT2D eigenvalue weighted by molar-refractivity contribution is -0.346. The summed E-state index contributed by atoms with van der Waals surface area (Å²) >= 11 is 0. The standard InChI is InChI=1S/C49H53NO14/c1-26-32-24-49(59)42(63-44(57)30-18-10-7-11-19-30)40-47(5,41(55)39(61-27(2)51)36(26)46(49,3)4)33(52)23-34-48(40,25-60-34)64-35(53)22-14-20-28-15-12-13-21-31(28)37(38(54)45(58)62-32)50-43(56)29-16-8-6-9-17-29/h6-13,15-19,21,32-34,37-40,42,52,54,59H,14,20,22-25H2,1-5H3,(H,50,56)/t32-,33-,34+,37-,38+,39+,40?,42-,47+,48-,49+/m0/s1. The highest BCUT2D eigenvalue weighted by Crippen LogP contribution is 2.64. The van der Waals surface area contributed by atoms with E-state index in [0.29, 0.717) is 11.1 Å². The average molecular weight is 880 g/mol. The van der Waals surface area contributed by atoms with Gasteiger partial charge in [-0.15, -0.1) is 0 Å². The number of carbonyl (C=O) groups is 6. The summed E-state index contributed by atoms with van der Waals surface area (Å²) in [5, 5.41) is 40.9. The van der Waals surface area contributed by atoms with Crippen molar-refractivity contribution in [1.82, 2.24) is 5.32 Å². The molecule has 2 aliphatic heterocycles. The minimum absolute atomic E-state index is 0.0107. The highest BCUT2D eigenvalue weighted by Gasteiger charge is 2.78. The van der Waals surface area contributed by atoms with Gasteiger partial charge in [0.25, 0.3) is 5.91 Å². The van der Waals surface area contributed by atoms with Crippen LogP contribution in [0.5, 0.6) is 0 Å². The molecule has 338 valence electrons. The van der Waals surface area contributed by atoms with Gasteiger partial charge in [0.1, 0.15) is 23.9 Å². The van der Waals surface area contributed by atoms with Crippen molar-refractivity contribution in [2.45, 2.75) is 121 Å². The number of aliphatic hydroxyl groups is 3. The molecule has 2 saturated carbocycles. The van der Waals surface area contributed by atoms with E-state index in [4.69, 9.17) is 23.7 Å². The van der Waals surface area contributed by atoms with E-state index >= 15 is 4.79 Å². The molecular formula is C49H53NO14. The Balaban J connectivity index is 1.36. The van der Waals surface area contributed by atoms with Crippen molar-refractivity contribution in [2.24, 2.45) is 16.7 Å². The van der Waals surface area contributed by atoms with Crippen LogP contribution in [0.4, 0.5) is 0 Å². The van der Waals surface area contributed by atoms with Crippen molar-refractivity contribution in [2.75, 3.05) is 6.61 Å². The second kappa shape index (κ2) is 16.7. The fraction of sp³-hybridized carbons (Fsp3) is 0.469. The number of carbonyl (C=O) groups excluding carboxylic acids is 6. The molecule has 4 N–H and O–H groups in total. The highest BCUT2D eigenvalue weighted by molar-refractivity contribution is 5.96. The quantitative estimate of drug-likeness (QED) is 0.161. The molecule has 1 unspecified atom stereocenters. The van der Waals surface area contributed by atoms with Crippen LogP contribution in [0.15, 0.2) is 96.1 Å². The number of amides is 1. The Labute approximate surface area is 370 Å². The number of ketones is 1. The Morgan fingerprint density at radius 2 is 1.48 bits per heavy atom. The Hall–Kier alpha value is -5.74. The number of Topliss-reactive ketones (excluding diaryl/α,β-unsaturated/α-hetero) is 1. The Morgan fingerprint density at radius 1 is 0.844 bits per heavy atom. The van der Waals surface area contributed by atoms with E-state index < -0.39 is 113 Å². The number of nitrogens with one attached hydrogen (secondary N) is 1. The van der Waals surface area contributed by atoms with Crippen molar-refractivity contribution in [1.29, 1.82) is 0 Å². The number of benzene rings is 3. The summed E-state index contributed by atoms with van der Waals surface area (Å²) in [6.07, 6.45) is -10.3. The van der Waals surface area contributed by atoms with Crippen molar-refractivity contribution in [3.05, 3.63) is 118 Å². The van der Waals surface area contributed by atoms with Crippen LogP contribution in [0, 0.1) is 16.7 Å². The molecule has 8 rings (SSSR count). The fourth-order valence-electron chi connectivity index (χ4n) is 11.0. The predicted molar refractivity (Wildman–Crippen MR) is 225 cm³/mol. The number of aliphatic hydroxyl groups excluding tert-OH is 2. The molecule has 64 heavy (non-hydrogen) atoms. The van der Waals surface area contributed by atoms with E-state index in [0.717, 1.165) is 6.92 Å². The normalized spacial score (nSPS) is 34.6. The summed E-state index contributed by atoms with van der Waals surface area (Å²) in [4.78, 5) is 85.7. The topological polar surface area (TPSA) is 221 Å². The van der Waals surface area contributed by atoms with Crippen molar-refractivity contribution in [3.63, 3.8) is 0 Å². The Kier molecular flexibility index (Phi) is 11.7. The van der Waals surface area contributed by atoms with Gasteiger partial charge in [0, 0.05) is 37.2 Å². The van der Waals surface area contributed by atoms with Crippen molar-refractivity contribution in [3.8, 4) is 0 Å². The first kappa shape index (κ1) is 44.9. The predicted octanol–water partition coefficient (Wildman–Crippen LogP) is 4.05. The molecule has 15 heteroatoms. The van der Waals surface area contributed by atoms with Gasteiger partial charge in [0.2, 0.25) is 0 Å². The van der Waals surface area contributed by atoms with Gasteiger partial charge in [-0.25, -0.2) is 9.59 Å². The number of fused-ring (bicyclic) bond motifs is 3. The largest absolute Gasteiger partial charge is 0.456 e. The van der Waals surface area contributed by atoms with Crippen LogP contribution < -0.4 is 5.32 Å². The molecule has 0 radical (unpaired) electrons. The van der Waals surface area contributed by atoms with Gasteiger partial charge in [-0.2, -0.15) is 0 Å². The number of rotatable bonds is 5. The minimum Gasteiger partial charge on any atom is -0.456 e. The van der Waals surface area contributed by atoms with E-state index in [1.54, 1.807) is 93.6 Å². The van der Waals surface area contributed by atoms with Gasteiger partial charge in [-0.1, -0.05) is 74.5 Å². The molecule has 1 spiro atoms. The van der Waals surface area contributed by atoms with Crippen LogP contribution in [0.25, 0.3) is 0 Å². The van der Waals surface area contributed by atoms with E-state index in [-0.39, 0.29) is 54.6 Å². The first-order valence-electron chi connectivity index (χ1n) is 21.6. The Bertz CT molecular complexity index is 2400. The van der Waals surface area contributed by atoms with Crippen molar-refractivity contribution < 1.29 is 67.8 Å². The zero-order valence-electron chi connectivity index (χ0n) is 36.3. The van der Waals surface area contributed by atoms with Crippen LogP contribution in [-0.2, 0) is 49.3 Å². The molecule has 3 fully saturated rings. The summed E-state index contributed by atoms with van der Waals surface area (Å²) in [6.45, 7) is 6.92. The molecule has 11 atom stereocenters. The smallest absolute Gasteiger partial charge is 0.338 e. The molecule has 3 aromatic rings. The highest BCUT2D eigenvalue weighted by atomic mass is 16.6. The number of ether oxygens (including phenoxy) is 5. The lowest BCUT2D eigenvalue weighted by atomic mass is 9.44. The summed E-state index contributed by atoms with van der Waals surface area (Å²) in [5.74, 6) is -6.73. The Morgan fingerprint density at radius 3 is 2.12 bits per heavy atom. The van der Waals surface area contributed by atoms with E-state index in [9.17, 15) is 39.3 Å². The van der Waals surface area contributed by atoms with Crippen LogP contribution in [-0.4, -0.2) is 105 Å². The average Bonchev–Trinajstić information content (AvgIpc) is 3.26. The molecule has 4 bridgehead atoms. The third-order valence-electron chi connectivity index (χ3n) is 14.5. The molecule has 3 aromatic carbocycles. The zero-order valence-corrected chi connectivity index (χ0v) is 36.3. The number of aryl methyl sites for hydroxylation is 1. The summed E-state index contributed by atoms with van der Waals surface area (Å²) in [7, 11) is 0. The maximum Gasteiger partial charge on any atom is 0.338 e. The van der Waals surface area contributed by atoms with Gasteiger partial charge in [0.05, 0.1) is 35.6 Å². The maximum atomic E-state index is 15.6. The molecular weight excluding hydrogens is 827 g/mol. The van der Waals surface area contributed by atoms with Crippen LogP contribution in [0.3, 0.4) is 0 Å². The molecule has 1 saturated heterocycles. The van der Waals surface area contributed by atoms with Crippen LogP contribution >= 0.6 is 0 Å². The van der Waals surface area contributed by atoms with Gasteiger partial charge in [-0.05, 0) is 73.2 Å². The molecule has 0 aromatic heterocycles. The summed E-state index contributed by atoms with van der Waals surface area (Å²) < 4.78 is 31.1. The fourth-order valence-corrected chi connectivity index (χ4v) is 11.0. The monoisotopic (exact) mass is 879 g/mol. The second-order valence-electron chi connectivity index (χ2n) is 18.4. The third kappa shape index (κ3) is 7.22. The van der Waals surface area contributed by atoms with Gasteiger partial charge >= 0.3 is 23.9 Å². The van der Waals surface area contributed by atoms with Gasteiger partial charge < -0.3 is 44.3 Å². The molecule has 3 aliphatic carbocycles.